The van der Waals surface area contributed by atoms with Crippen LogP contribution in [0.15, 0.2) is 33.6 Å². The predicted molar refractivity (Wildman–Crippen MR) is 114 cm³/mol. The Morgan fingerprint density at radius 1 is 1.30 bits per heavy atom. The summed E-state index contributed by atoms with van der Waals surface area (Å²) in [6, 6.07) is 2.71. The van der Waals surface area contributed by atoms with Crippen molar-refractivity contribution in [2.24, 2.45) is 0 Å². The molecule has 1 atom stereocenters. The van der Waals surface area contributed by atoms with Gasteiger partial charge in [0.1, 0.15) is 0 Å². The molecule has 0 fully saturated rings. The number of hydrogen-bond acceptors (Lipinski definition) is 4. The van der Waals surface area contributed by atoms with Gasteiger partial charge in [0, 0.05) is 17.1 Å². The average Bonchev–Trinajstić information content (AvgIpc) is 2.72. The van der Waals surface area contributed by atoms with Crippen LogP contribution in [0.1, 0.15) is 35.6 Å². The van der Waals surface area contributed by atoms with Crippen molar-refractivity contribution in [3.05, 3.63) is 56.3 Å². The number of hydrogen-bond donors (Lipinski definition) is 1. The summed E-state index contributed by atoms with van der Waals surface area (Å²) in [6.07, 6.45) is -3.80. The Morgan fingerprint density at radius 3 is 2.58 bits per heavy atom. The zero-order valence-electron chi connectivity index (χ0n) is 16.9. The van der Waals surface area contributed by atoms with Gasteiger partial charge in [0.05, 0.1) is 21.5 Å². The SMILES string of the molecule is CN(C1CCCc2c1cc(Cl)c(F)c2OCC(=O)O)S(=O)(=O)c1cc(Br)cc(C(F)(F)F)c1. The molecule has 0 radical (unpaired) electrons. The van der Waals surface area contributed by atoms with E-state index < -0.39 is 56.1 Å². The molecule has 1 N–H and O–H groups in total. The van der Waals surface area contributed by atoms with E-state index in [9.17, 15) is 30.8 Å². The summed E-state index contributed by atoms with van der Waals surface area (Å²) in [5, 5.41) is 8.47. The maximum atomic E-state index is 14.6. The summed E-state index contributed by atoms with van der Waals surface area (Å²) in [6.45, 7) is -0.833. The van der Waals surface area contributed by atoms with Crippen LogP contribution in [0.5, 0.6) is 5.75 Å². The third kappa shape index (κ3) is 5.28. The minimum Gasteiger partial charge on any atom is -0.479 e. The smallest absolute Gasteiger partial charge is 0.416 e. The van der Waals surface area contributed by atoms with Gasteiger partial charge in [-0.15, -0.1) is 0 Å². The fraction of sp³-hybridized carbons (Fsp3) is 0.350. The predicted octanol–water partition coefficient (Wildman–Crippen LogP) is 5.42. The molecule has 13 heteroatoms. The summed E-state index contributed by atoms with van der Waals surface area (Å²) in [5.74, 6) is -2.69. The molecule has 1 unspecified atom stereocenters. The van der Waals surface area contributed by atoms with Crippen LogP contribution in [-0.2, 0) is 27.4 Å². The van der Waals surface area contributed by atoms with E-state index >= 15 is 0 Å². The largest absolute Gasteiger partial charge is 0.479 e. The first-order chi connectivity index (χ1) is 15.2. The lowest BCUT2D eigenvalue weighted by atomic mass is 9.87. The van der Waals surface area contributed by atoms with Crippen molar-refractivity contribution in [1.29, 1.82) is 0 Å². The molecule has 180 valence electrons. The molecule has 1 aliphatic rings. The van der Waals surface area contributed by atoms with Crippen LogP contribution in [0.2, 0.25) is 5.02 Å². The molecular weight excluding hydrogens is 558 g/mol. The standard InChI is InChI=1S/C20H17BrClF4NO5S/c1-27(33(30,31)12-6-10(20(24,25)26)5-11(21)7-12)16-4-2-3-13-14(16)8-15(22)18(23)19(13)32-9-17(28)29/h5-8,16H,2-4,9H2,1H3,(H,28,29). The van der Waals surface area contributed by atoms with Crippen LogP contribution in [0.4, 0.5) is 17.6 Å². The Kier molecular flexibility index (Phi) is 7.33. The number of sulfonamides is 1. The number of benzene rings is 2. The second kappa shape index (κ2) is 9.40. The van der Waals surface area contributed by atoms with Gasteiger partial charge >= 0.3 is 12.1 Å². The zero-order valence-corrected chi connectivity index (χ0v) is 20.1. The summed E-state index contributed by atoms with van der Waals surface area (Å²) >= 11 is 8.88. The molecule has 6 nitrogen and oxygen atoms in total. The minimum atomic E-state index is -4.76. The number of aliphatic carboxylic acids is 1. The number of carboxylic acids is 1. The van der Waals surface area contributed by atoms with Gasteiger partial charge in [-0.05, 0) is 49.1 Å². The number of carbonyl (C=O) groups is 1. The fourth-order valence-corrected chi connectivity index (χ4v) is 6.00. The number of ether oxygens (including phenoxy) is 1. The summed E-state index contributed by atoms with van der Waals surface area (Å²) < 4.78 is 86.6. The van der Waals surface area contributed by atoms with Gasteiger partial charge < -0.3 is 9.84 Å². The van der Waals surface area contributed by atoms with Crippen molar-refractivity contribution in [3.8, 4) is 5.75 Å². The van der Waals surface area contributed by atoms with Crippen molar-refractivity contribution >= 4 is 43.5 Å². The Balaban J connectivity index is 2.07. The van der Waals surface area contributed by atoms with E-state index in [1.807, 2.05) is 0 Å². The number of rotatable bonds is 6. The summed E-state index contributed by atoms with van der Waals surface area (Å²) in [5.41, 5.74) is -0.575. The Hall–Kier alpha value is -1.89. The Morgan fingerprint density at radius 2 is 1.97 bits per heavy atom. The highest BCUT2D eigenvalue weighted by molar-refractivity contribution is 9.10. The van der Waals surface area contributed by atoms with Crippen LogP contribution in [0.3, 0.4) is 0 Å². The van der Waals surface area contributed by atoms with Crippen molar-refractivity contribution in [2.75, 3.05) is 13.7 Å². The van der Waals surface area contributed by atoms with Gasteiger partial charge in [-0.25, -0.2) is 17.6 Å². The molecule has 0 aliphatic heterocycles. The van der Waals surface area contributed by atoms with Crippen molar-refractivity contribution in [3.63, 3.8) is 0 Å². The molecule has 1 aliphatic carbocycles. The first-order valence-electron chi connectivity index (χ1n) is 9.44. The van der Waals surface area contributed by atoms with E-state index in [1.54, 1.807) is 0 Å². The maximum absolute atomic E-state index is 14.6. The molecule has 0 heterocycles. The first-order valence-corrected chi connectivity index (χ1v) is 12.1. The highest BCUT2D eigenvalue weighted by Crippen LogP contribution is 2.44. The van der Waals surface area contributed by atoms with E-state index in [0.29, 0.717) is 18.1 Å². The van der Waals surface area contributed by atoms with E-state index in [2.05, 4.69) is 15.9 Å². The van der Waals surface area contributed by atoms with E-state index in [1.165, 1.54) is 13.1 Å². The highest BCUT2D eigenvalue weighted by Gasteiger charge is 2.37. The number of fused-ring (bicyclic) bond motifs is 1. The fourth-order valence-electron chi connectivity index (χ4n) is 3.71. The molecule has 0 saturated carbocycles. The Bertz CT molecular complexity index is 1210. The van der Waals surface area contributed by atoms with Crippen LogP contribution in [0.25, 0.3) is 0 Å². The molecular formula is C20H17BrClF4NO5S. The van der Waals surface area contributed by atoms with Gasteiger partial charge in [0.2, 0.25) is 10.0 Å². The molecule has 33 heavy (non-hydrogen) atoms. The van der Waals surface area contributed by atoms with Crippen molar-refractivity contribution < 1.29 is 40.6 Å². The highest BCUT2D eigenvalue weighted by atomic mass is 79.9. The molecule has 0 spiro atoms. The third-order valence-electron chi connectivity index (χ3n) is 5.23. The molecule has 2 aromatic carbocycles. The van der Waals surface area contributed by atoms with Crippen LogP contribution < -0.4 is 4.74 Å². The van der Waals surface area contributed by atoms with Crippen LogP contribution in [0, 0.1) is 5.82 Å². The molecule has 0 amide bonds. The first kappa shape index (κ1) is 25.7. The van der Waals surface area contributed by atoms with Crippen molar-refractivity contribution in [2.45, 2.75) is 36.4 Å². The molecule has 3 rings (SSSR count). The monoisotopic (exact) mass is 573 g/mol. The average molecular weight is 575 g/mol. The zero-order chi connectivity index (χ0) is 24.7. The maximum Gasteiger partial charge on any atom is 0.416 e. The van der Waals surface area contributed by atoms with Crippen LogP contribution >= 0.6 is 27.5 Å². The molecule has 2 aromatic rings. The lowest BCUT2D eigenvalue weighted by Crippen LogP contribution is -2.34. The summed E-state index contributed by atoms with van der Waals surface area (Å²) in [7, 11) is -3.21. The second-order valence-corrected chi connectivity index (χ2v) is 10.7. The lowest BCUT2D eigenvalue weighted by Gasteiger charge is -2.33. The normalized spacial score (nSPS) is 16.5. The number of carboxylic acid groups (broad SMARTS) is 1. The van der Waals surface area contributed by atoms with Gasteiger partial charge in [-0.1, -0.05) is 27.5 Å². The molecule has 0 bridgehead atoms. The third-order valence-corrected chi connectivity index (χ3v) is 7.81. The number of alkyl halides is 3. The lowest BCUT2D eigenvalue weighted by molar-refractivity contribution is -0.139. The van der Waals surface area contributed by atoms with E-state index in [4.69, 9.17) is 21.4 Å². The molecule has 0 aromatic heterocycles. The van der Waals surface area contributed by atoms with Crippen LogP contribution in [-0.4, -0.2) is 37.5 Å². The quantitative estimate of drug-likeness (QED) is 0.466. The van der Waals surface area contributed by atoms with Gasteiger partial charge in [0.25, 0.3) is 0 Å². The van der Waals surface area contributed by atoms with Crippen molar-refractivity contribution in [1.82, 2.24) is 4.31 Å². The number of nitrogens with zero attached hydrogens (tertiary/aromatic N) is 1. The molecule has 0 saturated heterocycles. The summed E-state index contributed by atoms with van der Waals surface area (Å²) in [4.78, 5) is 10.3. The van der Waals surface area contributed by atoms with E-state index in [0.717, 1.165) is 16.4 Å². The van der Waals surface area contributed by atoms with Gasteiger partial charge in [0.15, 0.2) is 18.2 Å². The minimum absolute atomic E-state index is 0.0668. The van der Waals surface area contributed by atoms with E-state index in [-0.39, 0.29) is 28.6 Å². The van der Waals surface area contributed by atoms with Gasteiger partial charge in [-0.2, -0.15) is 17.5 Å². The van der Waals surface area contributed by atoms with Gasteiger partial charge in [-0.3, -0.25) is 0 Å². The second-order valence-electron chi connectivity index (χ2n) is 7.35. The number of halogens is 6. The topological polar surface area (TPSA) is 83.9 Å². The Labute approximate surface area is 200 Å².